The van der Waals surface area contributed by atoms with E-state index < -0.39 is 0 Å². The maximum atomic E-state index is 9.74. The van der Waals surface area contributed by atoms with E-state index >= 15 is 0 Å². The van der Waals surface area contributed by atoms with Gasteiger partial charge in [0.1, 0.15) is 11.6 Å². The molecule has 116 valence electrons. The molecule has 24 heavy (non-hydrogen) atoms. The number of imidazole rings is 1. The molecule has 2 N–H and O–H groups in total. The molecule has 0 amide bonds. The lowest BCUT2D eigenvalue weighted by molar-refractivity contribution is 0.475. The van der Waals surface area contributed by atoms with Crippen molar-refractivity contribution in [2.75, 3.05) is 0 Å². The molecule has 0 unspecified atom stereocenters. The van der Waals surface area contributed by atoms with Crippen molar-refractivity contribution in [3.8, 4) is 39.7 Å². The first kappa shape index (κ1) is 14.3. The predicted molar refractivity (Wildman–Crippen MR) is 96.6 cm³/mol. The van der Waals surface area contributed by atoms with Crippen LogP contribution in [-0.4, -0.2) is 15.1 Å². The van der Waals surface area contributed by atoms with E-state index in [4.69, 9.17) is 4.98 Å². The van der Waals surface area contributed by atoms with Crippen LogP contribution in [0.25, 0.3) is 33.9 Å². The van der Waals surface area contributed by atoms with E-state index in [0.717, 1.165) is 33.9 Å². The summed E-state index contributed by atoms with van der Waals surface area (Å²) in [5, 5.41) is 9.74. The van der Waals surface area contributed by atoms with E-state index in [9.17, 15) is 5.11 Å². The van der Waals surface area contributed by atoms with E-state index in [-0.39, 0.29) is 5.75 Å². The first-order chi connectivity index (χ1) is 11.8. The topological polar surface area (TPSA) is 48.9 Å². The van der Waals surface area contributed by atoms with Crippen molar-refractivity contribution in [2.24, 2.45) is 0 Å². The molecule has 0 aliphatic rings. The molecule has 0 bridgehead atoms. The maximum absolute atomic E-state index is 9.74. The van der Waals surface area contributed by atoms with Gasteiger partial charge in [0.15, 0.2) is 0 Å². The second-order valence-corrected chi connectivity index (χ2v) is 5.59. The standard InChI is InChI=1S/C21H16N2O/c24-18-13-7-12-17(14-18)21-22-19(15-8-3-1-4-9-15)20(23-21)16-10-5-2-6-11-16/h1-14,24H,(H,22,23). The molecule has 0 radical (unpaired) electrons. The Hall–Kier alpha value is -3.33. The summed E-state index contributed by atoms with van der Waals surface area (Å²) < 4.78 is 0. The fraction of sp³-hybridized carbons (Fsp3) is 0. The summed E-state index contributed by atoms with van der Waals surface area (Å²) in [6, 6.07) is 27.4. The molecule has 0 saturated heterocycles. The zero-order valence-electron chi connectivity index (χ0n) is 13.0. The van der Waals surface area contributed by atoms with Gasteiger partial charge in [-0.25, -0.2) is 4.98 Å². The SMILES string of the molecule is Oc1cccc(-c2nc(-c3ccccc3)c(-c3ccccc3)[nH]2)c1. The fourth-order valence-electron chi connectivity index (χ4n) is 2.78. The molecule has 0 fully saturated rings. The number of hydrogen-bond donors (Lipinski definition) is 2. The van der Waals surface area contributed by atoms with Gasteiger partial charge in [-0.2, -0.15) is 0 Å². The Morgan fingerprint density at radius 3 is 1.96 bits per heavy atom. The monoisotopic (exact) mass is 312 g/mol. The summed E-state index contributed by atoms with van der Waals surface area (Å²) in [6.07, 6.45) is 0. The van der Waals surface area contributed by atoms with Crippen LogP contribution in [-0.2, 0) is 0 Å². The molecule has 4 aromatic rings. The first-order valence-corrected chi connectivity index (χ1v) is 7.81. The molecule has 0 atom stereocenters. The largest absolute Gasteiger partial charge is 0.508 e. The van der Waals surface area contributed by atoms with Crippen LogP contribution in [0.5, 0.6) is 5.75 Å². The van der Waals surface area contributed by atoms with Gasteiger partial charge in [0, 0.05) is 16.7 Å². The summed E-state index contributed by atoms with van der Waals surface area (Å²) in [4.78, 5) is 8.22. The van der Waals surface area contributed by atoms with Crippen molar-refractivity contribution in [1.82, 2.24) is 9.97 Å². The molecule has 4 rings (SSSR count). The first-order valence-electron chi connectivity index (χ1n) is 7.81. The van der Waals surface area contributed by atoms with Crippen molar-refractivity contribution >= 4 is 0 Å². The average Bonchev–Trinajstić information content (AvgIpc) is 3.09. The number of phenols is 1. The van der Waals surface area contributed by atoms with Gasteiger partial charge in [0.25, 0.3) is 0 Å². The third-order valence-electron chi connectivity index (χ3n) is 3.93. The molecule has 1 aromatic heterocycles. The van der Waals surface area contributed by atoms with Crippen molar-refractivity contribution in [3.05, 3.63) is 84.9 Å². The number of aromatic amines is 1. The second kappa shape index (κ2) is 6.05. The van der Waals surface area contributed by atoms with E-state index in [2.05, 4.69) is 29.2 Å². The summed E-state index contributed by atoms with van der Waals surface area (Å²) in [5.74, 6) is 0.968. The molecule has 3 aromatic carbocycles. The Labute approximate surface area is 140 Å². The molecular formula is C21H16N2O. The van der Waals surface area contributed by atoms with E-state index in [1.165, 1.54) is 0 Å². The number of aromatic nitrogens is 2. The van der Waals surface area contributed by atoms with Gasteiger partial charge in [-0.3, -0.25) is 0 Å². The van der Waals surface area contributed by atoms with Gasteiger partial charge < -0.3 is 10.1 Å². The number of rotatable bonds is 3. The van der Waals surface area contributed by atoms with Crippen LogP contribution in [0.1, 0.15) is 0 Å². The normalized spacial score (nSPS) is 10.7. The zero-order valence-corrected chi connectivity index (χ0v) is 13.0. The average molecular weight is 312 g/mol. The zero-order chi connectivity index (χ0) is 16.4. The van der Waals surface area contributed by atoms with Crippen molar-refractivity contribution in [1.29, 1.82) is 0 Å². The summed E-state index contributed by atoms with van der Waals surface area (Å²) in [7, 11) is 0. The molecule has 0 saturated carbocycles. The lowest BCUT2D eigenvalue weighted by atomic mass is 10.1. The molecule has 0 aliphatic carbocycles. The van der Waals surface area contributed by atoms with E-state index in [0.29, 0.717) is 0 Å². The lowest BCUT2D eigenvalue weighted by Gasteiger charge is -2.02. The third-order valence-corrected chi connectivity index (χ3v) is 3.93. The quantitative estimate of drug-likeness (QED) is 0.552. The highest BCUT2D eigenvalue weighted by atomic mass is 16.3. The second-order valence-electron chi connectivity index (χ2n) is 5.59. The van der Waals surface area contributed by atoms with Crippen LogP contribution < -0.4 is 0 Å². The van der Waals surface area contributed by atoms with Gasteiger partial charge in [-0.15, -0.1) is 0 Å². The van der Waals surface area contributed by atoms with Gasteiger partial charge in [-0.05, 0) is 12.1 Å². The molecule has 1 heterocycles. The predicted octanol–water partition coefficient (Wildman–Crippen LogP) is 5.12. The number of benzene rings is 3. The van der Waals surface area contributed by atoms with Crippen LogP contribution in [0.3, 0.4) is 0 Å². The highest BCUT2D eigenvalue weighted by Gasteiger charge is 2.15. The summed E-state index contributed by atoms with van der Waals surface area (Å²) in [5.41, 5.74) is 4.86. The van der Waals surface area contributed by atoms with Gasteiger partial charge >= 0.3 is 0 Å². The Kier molecular flexibility index (Phi) is 3.60. The fourth-order valence-corrected chi connectivity index (χ4v) is 2.78. The van der Waals surface area contributed by atoms with E-state index in [1.807, 2.05) is 48.5 Å². The Morgan fingerprint density at radius 2 is 1.29 bits per heavy atom. The number of hydrogen-bond acceptors (Lipinski definition) is 2. The Bertz CT molecular complexity index is 903. The van der Waals surface area contributed by atoms with Crippen molar-refractivity contribution in [2.45, 2.75) is 0 Å². The van der Waals surface area contributed by atoms with E-state index in [1.54, 1.807) is 12.1 Å². The summed E-state index contributed by atoms with van der Waals surface area (Å²) >= 11 is 0. The Morgan fingerprint density at radius 1 is 0.667 bits per heavy atom. The highest BCUT2D eigenvalue weighted by Crippen LogP contribution is 2.33. The number of phenolic OH excluding ortho intramolecular Hbond substituents is 1. The maximum Gasteiger partial charge on any atom is 0.138 e. The Balaban J connectivity index is 1.91. The van der Waals surface area contributed by atoms with Crippen molar-refractivity contribution < 1.29 is 5.11 Å². The number of nitrogens with one attached hydrogen (secondary N) is 1. The number of H-pyrrole nitrogens is 1. The van der Waals surface area contributed by atoms with Gasteiger partial charge in [0.2, 0.25) is 0 Å². The molecule has 3 heteroatoms. The minimum absolute atomic E-state index is 0.228. The lowest BCUT2D eigenvalue weighted by Crippen LogP contribution is -1.82. The highest BCUT2D eigenvalue weighted by molar-refractivity contribution is 5.81. The van der Waals surface area contributed by atoms with Crippen LogP contribution in [0.15, 0.2) is 84.9 Å². The number of nitrogens with zero attached hydrogens (tertiary/aromatic N) is 1. The molecule has 3 nitrogen and oxygen atoms in total. The molecule has 0 spiro atoms. The van der Waals surface area contributed by atoms with Crippen LogP contribution >= 0.6 is 0 Å². The summed E-state index contributed by atoms with van der Waals surface area (Å²) in [6.45, 7) is 0. The smallest absolute Gasteiger partial charge is 0.138 e. The minimum atomic E-state index is 0.228. The minimum Gasteiger partial charge on any atom is -0.508 e. The van der Waals surface area contributed by atoms with Crippen molar-refractivity contribution in [3.63, 3.8) is 0 Å². The third kappa shape index (κ3) is 2.68. The van der Waals surface area contributed by atoms with Crippen LogP contribution in [0.2, 0.25) is 0 Å². The molecule has 0 aliphatic heterocycles. The van der Waals surface area contributed by atoms with Crippen LogP contribution in [0, 0.1) is 0 Å². The number of aromatic hydroxyl groups is 1. The van der Waals surface area contributed by atoms with Gasteiger partial charge in [0.05, 0.1) is 11.4 Å². The molecular weight excluding hydrogens is 296 g/mol. The van der Waals surface area contributed by atoms with Crippen LogP contribution in [0.4, 0.5) is 0 Å². The van der Waals surface area contributed by atoms with Gasteiger partial charge in [-0.1, -0.05) is 72.8 Å².